The normalized spacial score (nSPS) is 17.6. The minimum Gasteiger partial charge on any atom is -0.477 e. The number of aromatic nitrogens is 2. The molecule has 1 aliphatic carbocycles. The quantitative estimate of drug-likeness (QED) is 0.892. The van der Waals surface area contributed by atoms with Crippen LogP contribution in [0.1, 0.15) is 69.1 Å². The van der Waals surface area contributed by atoms with Crippen molar-refractivity contribution in [2.45, 2.75) is 64.0 Å². The molecule has 1 amide bonds. The van der Waals surface area contributed by atoms with Gasteiger partial charge in [-0.1, -0.05) is 19.3 Å². The van der Waals surface area contributed by atoms with E-state index in [1.807, 2.05) is 20.8 Å². The molecule has 128 valence electrons. The molecule has 2 rings (SSSR count). The van der Waals surface area contributed by atoms with E-state index < -0.39 is 23.2 Å². The van der Waals surface area contributed by atoms with Crippen molar-refractivity contribution in [1.82, 2.24) is 15.1 Å². The Balaban J connectivity index is 2.30. The van der Waals surface area contributed by atoms with Crippen LogP contribution in [0.4, 0.5) is 4.79 Å². The van der Waals surface area contributed by atoms with Crippen LogP contribution in [0.3, 0.4) is 0 Å². The Bertz CT molecular complexity index is 595. The number of nitrogens with one attached hydrogen (secondary N) is 1. The van der Waals surface area contributed by atoms with Crippen molar-refractivity contribution in [1.29, 1.82) is 0 Å². The molecule has 0 aromatic carbocycles. The predicted octanol–water partition coefficient (Wildman–Crippen LogP) is 2.80. The lowest BCUT2D eigenvalue weighted by Crippen LogP contribution is -2.49. The molecule has 1 aliphatic rings. The molecular weight excluding hydrogens is 298 g/mol. The number of aryl methyl sites for hydroxylation is 1. The smallest absolute Gasteiger partial charge is 0.408 e. The van der Waals surface area contributed by atoms with Crippen molar-refractivity contribution < 1.29 is 19.4 Å². The highest BCUT2D eigenvalue weighted by atomic mass is 16.6. The second kappa shape index (κ2) is 6.22. The van der Waals surface area contributed by atoms with Gasteiger partial charge in [0.1, 0.15) is 11.3 Å². The maximum absolute atomic E-state index is 12.2. The Morgan fingerprint density at radius 1 is 1.30 bits per heavy atom. The molecular formula is C16H25N3O4. The van der Waals surface area contributed by atoms with Crippen LogP contribution in [-0.2, 0) is 17.3 Å². The Morgan fingerprint density at radius 2 is 1.91 bits per heavy atom. The molecule has 0 spiro atoms. The maximum atomic E-state index is 12.2. The summed E-state index contributed by atoms with van der Waals surface area (Å²) in [5.74, 6) is -1.03. The lowest BCUT2D eigenvalue weighted by atomic mass is 9.79. The number of nitrogens with zero attached hydrogens (tertiary/aromatic N) is 2. The second-order valence-corrected chi connectivity index (χ2v) is 7.11. The summed E-state index contributed by atoms with van der Waals surface area (Å²) in [6.45, 7) is 5.43. The predicted molar refractivity (Wildman–Crippen MR) is 84.3 cm³/mol. The van der Waals surface area contributed by atoms with Gasteiger partial charge in [-0.3, -0.25) is 4.68 Å². The highest BCUT2D eigenvalue weighted by Gasteiger charge is 2.39. The zero-order valence-electron chi connectivity index (χ0n) is 14.2. The molecule has 7 nitrogen and oxygen atoms in total. The topological polar surface area (TPSA) is 93.5 Å². The number of hydrogen-bond donors (Lipinski definition) is 2. The van der Waals surface area contributed by atoms with Crippen LogP contribution in [0.5, 0.6) is 0 Å². The van der Waals surface area contributed by atoms with Crippen molar-refractivity contribution in [3.8, 4) is 0 Å². The summed E-state index contributed by atoms with van der Waals surface area (Å²) >= 11 is 0. The van der Waals surface area contributed by atoms with Gasteiger partial charge in [0.05, 0.1) is 11.2 Å². The number of amides is 1. The summed E-state index contributed by atoms with van der Waals surface area (Å²) in [7, 11) is 1.59. The van der Waals surface area contributed by atoms with Gasteiger partial charge in [-0.05, 0) is 39.7 Å². The third kappa shape index (κ3) is 4.03. The van der Waals surface area contributed by atoms with E-state index in [0.717, 1.165) is 32.1 Å². The first-order valence-electron chi connectivity index (χ1n) is 7.92. The first kappa shape index (κ1) is 17.3. The van der Waals surface area contributed by atoms with Crippen LogP contribution in [0.15, 0.2) is 6.07 Å². The third-order valence-electron chi connectivity index (χ3n) is 4.04. The maximum Gasteiger partial charge on any atom is 0.408 e. The third-order valence-corrected chi connectivity index (χ3v) is 4.04. The average Bonchev–Trinajstić information content (AvgIpc) is 2.80. The average molecular weight is 323 g/mol. The molecule has 1 aromatic heterocycles. The lowest BCUT2D eigenvalue weighted by molar-refractivity contribution is 0.0415. The SMILES string of the molecule is Cn1nc(C2(NC(=O)OC(C)(C)C)CCCCC2)cc1C(=O)O. The lowest BCUT2D eigenvalue weighted by Gasteiger charge is -2.37. The van der Waals surface area contributed by atoms with Crippen LogP contribution >= 0.6 is 0 Å². The summed E-state index contributed by atoms with van der Waals surface area (Å²) in [6, 6.07) is 1.55. The summed E-state index contributed by atoms with van der Waals surface area (Å²) in [4.78, 5) is 23.5. The summed E-state index contributed by atoms with van der Waals surface area (Å²) in [6.07, 6.45) is 3.95. The number of carbonyl (C=O) groups is 2. The number of carbonyl (C=O) groups excluding carboxylic acids is 1. The molecule has 23 heavy (non-hydrogen) atoms. The molecule has 1 aromatic rings. The molecule has 1 fully saturated rings. The molecule has 0 radical (unpaired) electrons. The highest BCUT2D eigenvalue weighted by molar-refractivity contribution is 5.85. The summed E-state index contributed by atoms with van der Waals surface area (Å²) < 4.78 is 6.71. The van der Waals surface area contributed by atoms with Crippen LogP contribution < -0.4 is 5.32 Å². The van der Waals surface area contributed by atoms with Crippen molar-refractivity contribution in [2.75, 3.05) is 0 Å². The van der Waals surface area contributed by atoms with E-state index in [-0.39, 0.29) is 5.69 Å². The van der Waals surface area contributed by atoms with Crippen molar-refractivity contribution in [3.63, 3.8) is 0 Å². The Kier molecular flexibility index (Phi) is 4.68. The van der Waals surface area contributed by atoms with Crippen molar-refractivity contribution in [2.24, 2.45) is 7.05 Å². The van der Waals surface area contributed by atoms with Crippen LogP contribution in [0.25, 0.3) is 0 Å². The largest absolute Gasteiger partial charge is 0.477 e. The van der Waals surface area contributed by atoms with Crippen molar-refractivity contribution >= 4 is 12.1 Å². The summed E-state index contributed by atoms with van der Waals surface area (Å²) in [5, 5.41) is 16.5. The highest BCUT2D eigenvalue weighted by Crippen LogP contribution is 2.37. The van der Waals surface area contributed by atoms with Gasteiger partial charge < -0.3 is 15.2 Å². The molecule has 2 N–H and O–H groups in total. The van der Waals surface area contributed by atoms with Gasteiger partial charge >= 0.3 is 12.1 Å². The first-order chi connectivity index (χ1) is 10.6. The fourth-order valence-corrected chi connectivity index (χ4v) is 3.00. The minimum absolute atomic E-state index is 0.107. The number of alkyl carbamates (subject to hydrolysis) is 1. The number of aromatic carboxylic acids is 1. The van der Waals surface area contributed by atoms with Gasteiger partial charge in [-0.25, -0.2) is 9.59 Å². The Labute approximate surface area is 136 Å². The van der Waals surface area contributed by atoms with E-state index in [0.29, 0.717) is 5.69 Å². The number of ether oxygens (including phenoxy) is 1. The van der Waals surface area contributed by atoms with Gasteiger partial charge in [0.25, 0.3) is 0 Å². The molecule has 0 atom stereocenters. The van der Waals surface area contributed by atoms with E-state index in [1.165, 1.54) is 4.68 Å². The van der Waals surface area contributed by atoms with Crippen LogP contribution in [0, 0.1) is 0 Å². The van der Waals surface area contributed by atoms with E-state index in [2.05, 4.69) is 10.4 Å². The molecule has 0 unspecified atom stereocenters. The number of carboxylic acid groups (broad SMARTS) is 1. The standard InChI is InChI=1S/C16H25N3O4/c1-15(2,3)23-14(22)17-16(8-6-5-7-9-16)12-10-11(13(20)21)19(4)18-12/h10H,5-9H2,1-4H3,(H,17,22)(H,20,21). The molecule has 0 aliphatic heterocycles. The van der Waals surface area contributed by atoms with Gasteiger partial charge in [0.15, 0.2) is 0 Å². The van der Waals surface area contributed by atoms with Gasteiger partial charge in [0, 0.05) is 7.05 Å². The van der Waals surface area contributed by atoms with Crippen molar-refractivity contribution in [3.05, 3.63) is 17.5 Å². The van der Waals surface area contributed by atoms with E-state index in [1.54, 1.807) is 13.1 Å². The van der Waals surface area contributed by atoms with Gasteiger partial charge in [-0.2, -0.15) is 5.10 Å². The van der Waals surface area contributed by atoms with E-state index >= 15 is 0 Å². The molecule has 1 heterocycles. The molecule has 7 heteroatoms. The Morgan fingerprint density at radius 3 is 2.39 bits per heavy atom. The fraction of sp³-hybridized carbons (Fsp3) is 0.688. The molecule has 0 bridgehead atoms. The number of carboxylic acids is 1. The van der Waals surface area contributed by atoms with Gasteiger partial charge in [0.2, 0.25) is 0 Å². The van der Waals surface area contributed by atoms with E-state index in [9.17, 15) is 14.7 Å². The first-order valence-corrected chi connectivity index (χ1v) is 7.92. The molecule has 1 saturated carbocycles. The van der Waals surface area contributed by atoms with Crippen LogP contribution in [-0.4, -0.2) is 32.6 Å². The zero-order valence-corrected chi connectivity index (χ0v) is 14.2. The van der Waals surface area contributed by atoms with Gasteiger partial charge in [-0.15, -0.1) is 0 Å². The van der Waals surface area contributed by atoms with Crippen LogP contribution in [0.2, 0.25) is 0 Å². The fourth-order valence-electron chi connectivity index (χ4n) is 3.00. The van der Waals surface area contributed by atoms with E-state index in [4.69, 9.17) is 4.74 Å². The Hall–Kier alpha value is -2.05. The monoisotopic (exact) mass is 323 g/mol. The zero-order chi connectivity index (χ0) is 17.3. The summed E-state index contributed by atoms with van der Waals surface area (Å²) in [5.41, 5.74) is -0.554. The minimum atomic E-state index is -1.03. The number of hydrogen-bond acceptors (Lipinski definition) is 4. The molecule has 0 saturated heterocycles. The number of rotatable bonds is 3. The second-order valence-electron chi connectivity index (χ2n) is 7.11.